The number of amides is 2. The third kappa shape index (κ3) is 4.33. The van der Waals surface area contributed by atoms with Gasteiger partial charge in [0.15, 0.2) is 0 Å². The van der Waals surface area contributed by atoms with Crippen LogP contribution < -0.4 is 5.32 Å². The van der Waals surface area contributed by atoms with Crippen molar-refractivity contribution in [3.05, 3.63) is 42.7 Å². The van der Waals surface area contributed by atoms with E-state index < -0.39 is 6.17 Å². The van der Waals surface area contributed by atoms with Gasteiger partial charge < -0.3 is 14.8 Å². The minimum Gasteiger partial charge on any atom is -0.337 e. The van der Waals surface area contributed by atoms with Crippen molar-refractivity contribution in [3.8, 4) is 0 Å². The number of anilines is 1. The van der Waals surface area contributed by atoms with E-state index in [2.05, 4.69) is 20.2 Å². The Hall–Kier alpha value is -2.48. The molecule has 0 aliphatic carbocycles. The maximum atomic E-state index is 14.0. The molecule has 8 heteroatoms. The molecular weight excluding hydrogens is 323 g/mol. The Labute approximate surface area is 146 Å². The molecular formula is C17H23FN6O. The van der Waals surface area contributed by atoms with Gasteiger partial charge in [0.05, 0.1) is 6.54 Å². The van der Waals surface area contributed by atoms with Gasteiger partial charge in [0.25, 0.3) is 0 Å². The van der Waals surface area contributed by atoms with E-state index in [-0.39, 0.29) is 12.1 Å². The van der Waals surface area contributed by atoms with Gasteiger partial charge >= 0.3 is 6.03 Å². The number of hydrogen-bond donors (Lipinski definition) is 1. The van der Waals surface area contributed by atoms with E-state index in [1.807, 2.05) is 17.8 Å². The van der Waals surface area contributed by atoms with E-state index in [1.165, 1.54) is 0 Å². The maximum absolute atomic E-state index is 14.0. The van der Waals surface area contributed by atoms with Crippen LogP contribution in [0.5, 0.6) is 0 Å². The summed E-state index contributed by atoms with van der Waals surface area (Å²) < 4.78 is 15.9. The number of likely N-dealkylation sites (N-methyl/N-ethyl adjacent to an activating group) is 1. The van der Waals surface area contributed by atoms with Crippen molar-refractivity contribution in [2.45, 2.75) is 25.2 Å². The molecule has 1 saturated heterocycles. The van der Waals surface area contributed by atoms with E-state index in [1.54, 1.807) is 42.7 Å². The summed E-state index contributed by atoms with van der Waals surface area (Å²) in [7, 11) is 3.65. The second-order valence-corrected chi connectivity index (χ2v) is 6.42. The molecule has 2 aromatic rings. The molecule has 3 heterocycles. The highest BCUT2D eigenvalue weighted by atomic mass is 19.1. The lowest BCUT2D eigenvalue weighted by molar-refractivity contribution is 0.180. The Bertz CT molecular complexity index is 706. The van der Waals surface area contributed by atoms with Crippen molar-refractivity contribution in [1.29, 1.82) is 0 Å². The van der Waals surface area contributed by atoms with Crippen LogP contribution in [0.2, 0.25) is 0 Å². The smallest absolute Gasteiger partial charge is 0.321 e. The number of alkyl halides is 1. The third-order valence-electron chi connectivity index (χ3n) is 4.51. The molecule has 134 valence electrons. The zero-order valence-electron chi connectivity index (χ0n) is 14.5. The van der Waals surface area contributed by atoms with Gasteiger partial charge in [-0.15, -0.1) is 0 Å². The van der Waals surface area contributed by atoms with Crippen molar-refractivity contribution in [1.82, 2.24) is 24.3 Å². The molecule has 1 aliphatic heterocycles. The largest absolute Gasteiger partial charge is 0.337 e. The molecule has 0 bridgehead atoms. The number of carbonyl (C=O) groups is 1. The molecule has 1 N–H and O–H groups in total. The summed E-state index contributed by atoms with van der Waals surface area (Å²) in [5.74, 6) is 0.892. The molecule has 3 rings (SSSR count). The molecule has 0 aromatic carbocycles. The topological polar surface area (TPSA) is 66.3 Å². The summed E-state index contributed by atoms with van der Waals surface area (Å²) in [6.07, 6.45) is 6.41. The molecule has 2 aromatic heterocycles. The van der Waals surface area contributed by atoms with Crippen LogP contribution in [0.1, 0.15) is 12.2 Å². The van der Waals surface area contributed by atoms with Gasteiger partial charge in [0.1, 0.15) is 12.0 Å². The number of rotatable bonds is 5. The normalized spacial score (nSPS) is 20.6. The second kappa shape index (κ2) is 7.60. The standard InChI is InChI=1S/C17H23FN6O/c1-22-8-7-20-16(22)12-24-10-13(18)9-15(24)11-23(2)17(25)21-14-3-5-19-6-4-14/h3-8,13,15H,9-12H2,1-2H3,(H,19,21,25)/t13-,15-/m0/s1. The number of aromatic nitrogens is 3. The lowest BCUT2D eigenvalue weighted by Gasteiger charge is -2.28. The number of hydrogen-bond acceptors (Lipinski definition) is 4. The van der Waals surface area contributed by atoms with Crippen molar-refractivity contribution in [3.63, 3.8) is 0 Å². The lowest BCUT2D eigenvalue weighted by atomic mass is 10.2. The number of carbonyl (C=O) groups excluding carboxylic acids is 1. The first-order chi connectivity index (χ1) is 12.0. The predicted molar refractivity (Wildman–Crippen MR) is 92.8 cm³/mol. The number of pyridine rings is 1. The fraction of sp³-hybridized carbons (Fsp3) is 0.471. The van der Waals surface area contributed by atoms with Crippen LogP contribution in [0.25, 0.3) is 0 Å². The molecule has 7 nitrogen and oxygen atoms in total. The van der Waals surface area contributed by atoms with Gasteiger partial charge in [0, 0.05) is 63.7 Å². The van der Waals surface area contributed by atoms with Gasteiger partial charge in [-0.3, -0.25) is 9.88 Å². The molecule has 1 aliphatic rings. The fourth-order valence-electron chi connectivity index (χ4n) is 3.09. The Morgan fingerprint density at radius 1 is 1.40 bits per heavy atom. The van der Waals surface area contributed by atoms with Crippen LogP contribution in [-0.4, -0.2) is 62.7 Å². The van der Waals surface area contributed by atoms with Gasteiger partial charge in [-0.25, -0.2) is 14.2 Å². The Balaban J connectivity index is 1.59. The molecule has 0 unspecified atom stereocenters. The Morgan fingerprint density at radius 2 is 2.16 bits per heavy atom. The number of imidazole rings is 1. The quantitative estimate of drug-likeness (QED) is 0.898. The van der Waals surface area contributed by atoms with Gasteiger partial charge in [-0.1, -0.05) is 0 Å². The molecule has 25 heavy (non-hydrogen) atoms. The summed E-state index contributed by atoms with van der Waals surface area (Å²) in [5.41, 5.74) is 0.687. The minimum atomic E-state index is -0.873. The molecule has 1 fully saturated rings. The van der Waals surface area contributed by atoms with Crippen LogP contribution in [-0.2, 0) is 13.6 Å². The maximum Gasteiger partial charge on any atom is 0.321 e. The van der Waals surface area contributed by atoms with E-state index in [0.29, 0.717) is 31.7 Å². The first kappa shape index (κ1) is 17.3. The molecule has 0 radical (unpaired) electrons. The zero-order valence-corrected chi connectivity index (χ0v) is 14.5. The molecule has 0 saturated carbocycles. The minimum absolute atomic E-state index is 0.0279. The van der Waals surface area contributed by atoms with Crippen LogP contribution in [0.4, 0.5) is 14.9 Å². The van der Waals surface area contributed by atoms with Crippen molar-refractivity contribution >= 4 is 11.7 Å². The third-order valence-corrected chi connectivity index (χ3v) is 4.51. The van der Waals surface area contributed by atoms with Crippen LogP contribution >= 0.6 is 0 Å². The number of nitrogens with one attached hydrogen (secondary N) is 1. The average Bonchev–Trinajstić information content (AvgIpc) is 3.14. The van der Waals surface area contributed by atoms with Gasteiger partial charge in [0.2, 0.25) is 0 Å². The first-order valence-corrected chi connectivity index (χ1v) is 8.29. The number of aryl methyl sites for hydroxylation is 1. The highest BCUT2D eigenvalue weighted by Gasteiger charge is 2.34. The monoisotopic (exact) mass is 346 g/mol. The van der Waals surface area contributed by atoms with E-state index >= 15 is 0 Å². The van der Waals surface area contributed by atoms with Gasteiger partial charge in [-0.2, -0.15) is 0 Å². The highest BCUT2D eigenvalue weighted by molar-refractivity contribution is 5.88. The number of likely N-dealkylation sites (tertiary alicyclic amines) is 1. The van der Waals surface area contributed by atoms with Crippen LogP contribution in [0.3, 0.4) is 0 Å². The predicted octanol–water partition coefficient (Wildman–Crippen LogP) is 1.89. The number of nitrogens with zero attached hydrogens (tertiary/aromatic N) is 5. The average molecular weight is 346 g/mol. The van der Waals surface area contributed by atoms with Crippen molar-refractivity contribution < 1.29 is 9.18 Å². The SMILES string of the molecule is CN(C[C@@H]1C[C@H](F)CN1Cc1nccn1C)C(=O)Nc1ccncc1. The summed E-state index contributed by atoms with van der Waals surface area (Å²) in [4.78, 5) is 24.2. The van der Waals surface area contributed by atoms with Crippen molar-refractivity contribution in [2.75, 3.05) is 25.5 Å². The molecule has 2 amide bonds. The Morgan fingerprint density at radius 3 is 2.84 bits per heavy atom. The highest BCUT2D eigenvalue weighted by Crippen LogP contribution is 2.23. The summed E-state index contributed by atoms with van der Waals surface area (Å²) in [5, 5.41) is 2.81. The van der Waals surface area contributed by atoms with Crippen LogP contribution in [0, 0.1) is 0 Å². The van der Waals surface area contributed by atoms with E-state index in [9.17, 15) is 9.18 Å². The summed E-state index contributed by atoms with van der Waals surface area (Å²) in [6, 6.07) is 3.21. The molecule has 2 atom stereocenters. The summed E-state index contributed by atoms with van der Waals surface area (Å²) in [6.45, 7) is 1.41. The van der Waals surface area contributed by atoms with E-state index in [4.69, 9.17) is 0 Å². The van der Waals surface area contributed by atoms with E-state index in [0.717, 1.165) is 5.82 Å². The number of halogens is 1. The zero-order chi connectivity index (χ0) is 17.8. The summed E-state index contributed by atoms with van der Waals surface area (Å²) >= 11 is 0. The fourth-order valence-corrected chi connectivity index (χ4v) is 3.09. The Kier molecular flexibility index (Phi) is 5.28. The number of urea groups is 1. The van der Waals surface area contributed by atoms with Crippen molar-refractivity contribution in [2.24, 2.45) is 7.05 Å². The lowest BCUT2D eigenvalue weighted by Crippen LogP contribution is -2.42. The first-order valence-electron chi connectivity index (χ1n) is 8.29. The second-order valence-electron chi connectivity index (χ2n) is 6.42. The van der Waals surface area contributed by atoms with Crippen LogP contribution in [0.15, 0.2) is 36.9 Å². The molecule has 0 spiro atoms. The van der Waals surface area contributed by atoms with Gasteiger partial charge in [-0.05, 0) is 18.6 Å².